The minimum Gasteiger partial charge on any atom is -0.469 e. The van der Waals surface area contributed by atoms with Gasteiger partial charge in [-0.25, -0.2) is 13.2 Å². The largest absolute Gasteiger partial charge is 0.469 e. The molecule has 1 aromatic carbocycles. The lowest BCUT2D eigenvalue weighted by Gasteiger charge is -2.08. The maximum atomic E-state index is 13.4. The molecule has 5 nitrogen and oxygen atoms in total. The fraction of sp³-hybridized carbons (Fsp3) is 0.200. The van der Waals surface area contributed by atoms with E-state index in [0.717, 1.165) is 6.07 Å². The van der Waals surface area contributed by atoms with Crippen LogP contribution in [0.5, 0.6) is 0 Å². The molecule has 23 heavy (non-hydrogen) atoms. The molecule has 0 unspecified atom stereocenters. The number of benzene rings is 1. The first-order chi connectivity index (χ1) is 11.0. The van der Waals surface area contributed by atoms with Crippen LogP contribution in [-0.2, 0) is 20.7 Å². The molecular formula is C15H12F3NO4. The number of nitrogens with one attached hydrogen (secondary N) is 1. The Kier molecular flexibility index (Phi) is 5.40. The normalized spacial score (nSPS) is 10.4. The predicted octanol–water partition coefficient (Wildman–Crippen LogP) is 2.81. The standard InChI is InChI=1S/C15H12F3NO4/c16-10-4-5-11(15(18)14(10)17)19-12(20)8-23-13(21)6-3-9-2-1-7-22-9/h1-2,4-5,7H,3,6,8H2,(H,19,20). The lowest BCUT2D eigenvalue weighted by atomic mass is 10.2. The molecule has 0 atom stereocenters. The summed E-state index contributed by atoms with van der Waals surface area (Å²) in [6, 6.07) is 4.89. The van der Waals surface area contributed by atoms with Crippen LogP contribution in [0.1, 0.15) is 12.2 Å². The summed E-state index contributed by atoms with van der Waals surface area (Å²) in [7, 11) is 0. The number of furan rings is 1. The van der Waals surface area contributed by atoms with Gasteiger partial charge in [0, 0.05) is 6.42 Å². The van der Waals surface area contributed by atoms with E-state index in [0.29, 0.717) is 18.2 Å². The Morgan fingerprint density at radius 1 is 1.13 bits per heavy atom. The number of anilines is 1. The molecule has 0 aliphatic rings. The van der Waals surface area contributed by atoms with Crippen molar-refractivity contribution in [2.45, 2.75) is 12.8 Å². The van der Waals surface area contributed by atoms with E-state index in [1.54, 1.807) is 12.1 Å². The zero-order chi connectivity index (χ0) is 16.8. The summed E-state index contributed by atoms with van der Waals surface area (Å²) < 4.78 is 48.8. The molecule has 1 aromatic heterocycles. The molecule has 0 radical (unpaired) electrons. The van der Waals surface area contributed by atoms with Gasteiger partial charge in [0.2, 0.25) is 0 Å². The van der Waals surface area contributed by atoms with Crippen molar-refractivity contribution in [2.75, 3.05) is 11.9 Å². The zero-order valence-corrected chi connectivity index (χ0v) is 11.8. The van der Waals surface area contributed by atoms with Crippen molar-refractivity contribution in [1.29, 1.82) is 0 Å². The topological polar surface area (TPSA) is 68.5 Å². The summed E-state index contributed by atoms with van der Waals surface area (Å²) in [6.45, 7) is -0.671. The average Bonchev–Trinajstić information content (AvgIpc) is 3.05. The lowest BCUT2D eigenvalue weighted by molar-refractivity contribution is -0.147. The van der Waals surface area contributed by atoms with Gasteiger partial charge in [-0.05, 0) is 24.3 Å². The van der Waals surface area contributed by atoms with Gasteiger partial charge in [-0.1, -0.05) is 0 Å². The lowest BCUT2D eigenvalue weighted by Crippen LogP contribution is -2.21. The first-order valence-corrected chi connectivity index (χ1v) is 6.58. The summed E-state index contributed by atoms with van der Waals surface area (Å²) in [5.41, 5.74) is -0.541. The monoisotopic (exact) mass is 327 g/mol. The van der Waals surface area contributed by atoms with Crippen LogP contribution < -0.4 is 5.32 Å². The zero-order valence-electron chi connectivity index (χ0n) is 11.8. The molecule has 2 rings (SSSR count). The number of carbonyl (C=O) groups is 2. The van der Waals surface area contributed by atoms with E-state index < -0.39 is 41.6 Å². The number of amides is 1. The van der Waals surface area contributed by atoms with Crippen LogP contribution in [0, 0.1) is 17.5 Å². The smallest absolute Gasteiger partial charge is 0.306 e. The quantitative estimate of drug-likeness (QED) is 0.654. The number of hydrogen-bond acceptors (Lipinski definition) is 4. The Balaban J connectivity index is 1.79. The Hall–Kier alpha value is -2.77. The van der Waals surface area contributed by atoms with E-state index in [2.05, 4.69) is 4.74 Å². The fourth-order valence-corrected chi connectivity index (χ4v) is 1.71. The number of rotatable bonds is 6. The van der Waals surface area contributed by atoms with Crippen LogP contribution in [-0.4, -0.2) is 18.5 Å². The number of hydrogen-bond donors (Lipinski definition) is 1. The molecule has 2 aromatic rings. The number of esters is 1. The second-order valence-electron chi connectivity index (χ2n) is 4.51. The van der Waals surface area contributed by atoms with Crippen LogP contribution >= 0.6 is 0 Å². The van der Waals surface area contributed by atoms with Gasteiger partial charge in [-0.15, -0.1) is 0 Å². The van der Waals surface area contributed by atoms with Gasteiger partial charge in [0.15, 0.2) is 24.1 Å². The molecule has 8 heteroatoms. The third-order valence-electron chi connectivity index (χ3n) is 2.83. The van der Waals surface area contributed by atoms with Gasteiger partial charge < -0.3 is 14.5 Å². The highest BCUT2D eigenvalue weighted by molar-refractivity contribution is 5.92. The molecule has 1 N–H and O–H groups in total. The third-order valence-corrected chi connectivity index (χ3v) is 2.83. The van der Waals surface area contributed by atoms with E-state index >= 15 is 0 Å². The van der Waals surface area contributed by atoms with E-state index in [1.165, 1.54) is 6.26 Å². The van der Waals surface area contributed by atoms with Crippen molar-refractivity contribution in [3.05, 3.63) is 53.7 Å². The van der Waals surface area contributed by atoms with Crippen LogP contribution in [0.3, 0.4) is 0 Å². The average molecular weight is 327 g/mol. The highest BCUT2D eigenvalue weighted by atomic mass is 19.2. The highest BCUT2D eigenvalue weighted by Crippen LogP contribution is 2.19. The Labute approximate surface area is 129 Å². The molecule has 0 aliphatic carbocycles. The Morgan fingerprint density at radius 3 is 2.61 bits per heavy atom. The molecule has 0 saturated carbocycles. The molecule has 122 valence electrons. The van der Waals surface area contributed by atoms with Gasteiger partial charge in [0.25, 0.3) is 5.91 Å². The van der Waals surface area contributed by atoms with Crippen molar-refractivity contribution in [2.24, 2.45) is 0 Å². The summed E-state index contributed by atoms with van der Waals surface area (Å²) in [4.78, 5) is 22.9. The molecule has 0 spiro atoms. The van der Waals surface area contributed by atoms with E-state index in [1.807, 2.05) is 5.32 Å². The molecule has 1 amide bonds. The fourth-order valence-electron chi connectivity index (χ4n) is 1.71. The summed E-state index contributed by atoms with van der Waals surface area (Å²) in [5.74, 6) is -5.52. The maximum Gasteiger partial charge on any atom is 0.306 e. The molecule has 0 fully saturated rings. The number of halogens is 3. The maximum absolute atomic E-state index is 13.4. The second kappa shape index (κ2) is 7.48. The minimum atomic E-state index is -1.70. The van der Waals surface area contributed by atoms with E-state index in [4.69, 9.17) is 4.42 Å². The molecular weight excluding hydrogens is 315 g/mol. The van der Waals surface area contributed by atoms with Gasteiger partial charge in [-0.3, -0.25) is 9.59 Å². The van der Waals surface area contributed by atoms with E-state index in [9.17, 15) is 22.8 Å². The third kappa shape index (κ3) is 4.60. The molecule has 0 saturated heterocycles. The number of carbonyl (C=O) groups excluding carboxylic acids is 2. The predicted molar refractivity (Wildman–Crippen MR) is 72.9 cm³/mol. The molecule has 0 aliphatic heterocycles. The van der Waals surface area contributed by atoms with Crippen LogP contribution in [0.2, 0.25) is 0 Å². The van der Waals surface area contributed by atoms with Gasteiger partial charge in [0.1, 0.15) is 5.76 Å². The van der Waals surface area contributed by atoms with Crippen molar-refractivity contribution >= 4 is 17.6 Å². The first kappa shape index (κ1) is 16.6. The number of ether oxygens (including phenoxy) is 1. The van der Waals surface area contributed by atoms with Crippen molar-refractivity contribution in [3.63, 3.8) is 0 Å². The van der Waals surface area contributed by atoms with Crippen molar-refractivity contribution < 1.29 is 31.9 Å². The van der Waals surface area contributed by atoms with Crippen LogP contribution in [0.15, 0.2) is 34.9 Å². The SMILES string of the molecule is O=C(COC(=O)CCc1ccco1)Nc1ccc(F)c(F)c1F. The summed E-state index contributed by atoms with van der Waals surface area (Å²) in [5, 5.41) is 1.99. The summed E-state index contributed by atoms with van der Waals surface area (Å²) in [6.07, 6.45) is 1.77. The molecule has 0 bridgehead atoms. The Bertz CT molecular complexity index is 701. The van der Waals surface area contributed by atoms with Gasteiger partial charge in [0.05, 0.1) is 18.4 Å². The highest BCUT2D eigenvalue weighted by Gasteiger charge is 2.16. The second-order valence-corrected chi connectivity index (χ2v) is 4.51. The van der Waals surface area contributed by atoms with E-state index in [-0.39, 0.29) is 6.42 Å². The van der Waals surface area contributed by atoms with Gasteiger partial charge in [-0.2, -0.15) is 0 Å². The number of aryl methyl sites for hydroxylation is 1. The van der Waals surface area contributed by atoms with Crippen molar-refractivity contribution in [1.82, 2.24) is 0 Å². The van der Waals surface area contributed by atoms with Gasteiger partial charge >= 0.3 is 5.97 Å². The van der Waals surface area contributed by atoms with Crippen molar-refractivity contribution in [3.8, 4) is 0 Å². The van der Waals surface area contributed by atoms with Crippen LogP contribution in [0.25, 0.3) is 0 Å². The van der Waals surface area contributed by atoms with Crippen LogP contribution in [0.4, 0.5) is 18.9 Å². The molecule has 1 heterocycles. The summed E-state index contributed by atoms with van der Waals surface area (Å²) >= 11 is 0. The Morgan fingerprint density at radius 2 is 1.91 bits per heavy atom. The first-order valence-electron chi connectivity index (χ1n) is 6.58. The minimum absolute atomic E-state index is 0.000328.